The summed E-state index contributed by atoms with van der Waals surface area (Å²) in [5.41, 5.74) is 3.80. The lowest BCUT2D eigenvalue weighted by atomic mass is 10.00. The number of imidazole rings is 1. The summed E-state index contributed by atoms with van der Waals surface area (Å²) in [6.45, 7) is 4.71. The molecule has 1 aliphatic rings. The van der Waals surface area contributed by atoms with Crippen LogP contribution in [0.3, 0.4) is 0 Å². The highest BCUT2D eigenvalue weighted by molar-refractivity contribution is 7.92. The first kappa shape index (κ1) is 23.6. The van der Waals surface area contributed by atoms with Crippen LogP contribution in [-0.2, 0) is 10.0 Å². The standard InChI is InChI=1S/C27H30FN3O3S/c1-17(2)5-4-14-31(35(3,32)33)23-16-24-22(15-21(23)18-6-7-18)25(27-29-12-13-30-27)26(34-24)19-8-10-20(28)11-9-19/h8-13,15-18H,4-7,14H2,1-3H3,(H,29,30). The van der Waals surface area contributed by atoms with E-state index in [4.69, 9.17) is 4.42 Å². The van der Waals surface area contributed by atoms with Crippen molar-refractivity contribution in [2.45, 2.75) is 45.4 Å². The summed E-state index contributed by atoms with van der Waals surface area (Å²) in [5, 5.41) is 0.862. The lowest BCUT2D eigenvalue weighted by Crippen LogP contribution is -2.31. The molecule has 35 heavy (non-hydrogen) atoms. The van der Waals surface area contributed by atoms with Crippen molar-refractivity contribution in [3.8, 4) is 22.7 Å². The number of rotatable bonds is 9. The van der Waals surface area contributed by atoms with E-state index in [9.17, 15) is 12.8 Å². The van der Waals surface area contributed by atoms with Crippen molar-refractivity contribution in [3.05, 3.63) is 60.2 Å². The fraction of sp³-hybridized carbons (Fsp3) is 0.370. The molecule has 2 aromatic carbocycles. The predicted molar refractivity (Wildman–Crippen MR) is 137 cm³/mol. The van der Waals surface area contributed by atoms with Crippen molar-refractivity contribution in [1.82, 2.24) is 9.97 Å². The Morgan fingerprint density at radius 1 is 1.20 bits per heavy atom. The van der Waals surface area contributed by atoms with Gasteiger partial charge in [-0.1, -0.05) is 13.8 Å². The zero-order chi connectivity index (χ0) is 24.7. The molecule has 0 aliphatic heterocycles. The Balaban J connectivity index is 1.71. The summed E-state index contributed by atoms with van der Waals surface area (Å²) >= 11 is 0. The summed E-state index contributed by atoms with van der Waals surface area (Å²) < 4.78 is 47.3. The molecular formula is C27H30FN3O3S. The maximum Gasteiger partial charge on any atom is 0.232 e. The molecule has 1 fully saturated rings. The van der Waals surface area contributed by atoms with Gasteiger partial charge >= 0.3 is 0 Å². The zero-order valence-electron chi connectivity index (χ0n) is 20.2. The number of aromatic amines is 1. The first-order chi connectivity index (χ1) is 16.7. The fourth-order valence-corrected chi connectivity index (χ4v) is 5.61. The molecule has 8 heteroatoms. The molecule has 0 radical (unpaired) electrons. The number of anilines is 1. The number of nitrogens with zero attached hydrogens (tertiary/aromatic N) is 2. The Labute approximate surface area is 205 Å². The molecule has 4 aromatic rings. The quantitative estimate of drug-likeness (QED) is 0.280. The zero-order valence-corrected chi connectivity index (χ0v) is 21.0. The first-order valence-corrected chi connectivity index (χ1v) is 13.9. The van der Waals surface area contributed by atoms with Crippen molar-refractivity contribution in [3.63, 3.8) is 0 Å². The van der Waals surface area contributed by atoms with Crippen LogP contribution >= 0.6 is 0 Å². The average Bonchev–Trinajstić information content (AvgIpc) is 3.37. The molecule has 1 saturated carbocycles. The smallest absolute Gasteiger partial charge is 0.232 e. The van der Waals surface area contributed by atoms with Crippen LogP contribution in [-0.4, -0.2) is 31.2 Å². The molecule has 0 amide bonds. The Morgan fingerprint density at radius 3 is 2.54 bits per heavy atom. The van der Waals surface area contributed by atoms with E-state index in [0.29, 0.717) is 41.2 Å². The van der Waals surface area contributed by atoms with Crippen molar-refractivity contribution < 1.29 is 17.2 Å². The topological polar surface area (TPSA) is 79.2 Å². The van der Waals surface area contributed by atoms with Gasteiger partial charge in [0.2, 0.25) is 10.0 Å². The predicted octanol–water partition coefficient (Wildman–Crippen LogP) is 6.71. The van der Waals surface area contributed by atoms with Gasteiger partial charge in [0.25, 0.3) is 0 Å². The van der Waals surface area contributed by atoms with Crippen LogP contribution < -0.4 is 4.31 Å². The van der Waals surface area contributed by atoms with Gasteiger partial charge in [-0.15, -0.1) is 0 Å². The highest BCUT2D eigenvalue weighted by Crippen LogP contribution is 2.49. The van der Waals surface area contributed by atoms with Gasteiger partial charge in [-0.05, 0) is 73.4 Å². The third kappa shape index (κ3) is 4.85. The molecule has 0 bridgehead atoms. The van der Waals surface area contributed by atoms with E-state index in [1.54, 1.807) is 24.5 Å². The lowest BCUT2D eigenvalue weighted by Gasteiger charge is -2.25. The number of benzene rings is 2. The SMILES string of the molecule is CC(C)CCCN(c1cc2oc(-c3ccc(F)cc3)c(-c3ncc[nH]3)c2cc1C1CC1)S(C)(=O)=O. The van der Waals surface area contributed by atoms with Gasteiger partial charge in [-0.2, -0.15) is 0 Å². The minimum atomic E-state index is -3.48. The van der Waals surface area contributed by atoms with E-state index in [-0.39, 0.29) is 5.82 Å². The maximum atomic E-state index is 13.6. The van der Waals surface area contributed by atoms with Gasteiger partial charge in [-0.3, -0.25) is 4.31 Å². The molecule has 6 nitrogen and oxygen atoms in total. The summed E-state index contributed by atoms with van der Waals surface area (Å²) in [7, 11) is -3.48. The van der Waals surface area contributed by atoms with Gasteiger partial charge in [-0.25, -0.2) is 17.8 Å². The molecule has 184 valence electrons. The number of nitrogens with one attached hydrogen (secondary N) is 1. The van der Waals surface area contributed by atoms with Gasteiger partial charge in [0, 0.05) is 36.0 Å². The van der Waals surface area contributed by atoms with Crippen LogP contribution in [0.25, 0.3) is 33.7 Å². The number of hydrogen-bond acceptors (Lipinski definition) is 4. The number of furan rings is 1. The summed E-state index contributed by atoms with van der Waals surface area (Å²) in [6.07, 6.45) is 8.48. The molecule has 0 atom stereocenters. The van der Waals surface area contributed by atoms with E-state index < -0.39 is 10.0 Å². The summed E-state index contributed by atoms with van der Waals surface area (Å²) in [6, 6.07) is 10.1. The first-order valence-electron chi connectivity index (χ1n) is 12.1. The molecule has 1 N–H and O–H groups in total. The normalized spacial score (nSPS) is 14.2. The van der Waals surface area contributed by atoms with Crippen molar-refractivity contribution in [2.24, 2.45) is 5.92 Å². The minimum absolute atomic E-state index is 0.317. The van der Waals surface area contributed by atoms with Crippen LogP contribution in [0.1, 0.15) is 51.0 Å². The molecule has 2 aromatic heterocycles. The van der Waals surface area contributed by atoms with Crippen molar-refractivity contribution >= 4 is 26.7 Å². The second-order valence-electron chi connectivity index (χ2n) is 9.80. The third-order valence-corrected chi connectivity index (χ3v) is 7.69. The maximum absolute atomic E-state index is 13.6. The van der Waals surface area contributed by atoms with Crippen LogP contribution in [0, 0.1) is 11.7 Å². The third-order valence-electron chi connectivity index (χ3n) is 6.51. The monoisotopic (exact) mass is 495 g/mol. The molecule has 0 saturated heterocycles. The fourth-order valence-electron chi connectivity index (χ4n) is 4.64. The second-order valence-corrected chi connectivity index (χ2v) is 11.7. The second kappa shape index (κ2) is 9.15. The number of aromatic nitrogens is 2. The Bertz CT molecular complexity index is 1440. The molecule has 1 aliphatic carbocycles. The van der Waals surface area contributed by atoms with E-state index >= 15 is 0 Å². The van der Waals surface area contributed by atoms with E-state index in [2.05, 4.69) is 29.9 Å². The number of sulfonamides is 1. The average molecular weight is 496 g/mol. The van der Waals surface area contributed by atoms with Crippen LogP contribution in [0.5, 0.6) is 0 Å². The van der Waals surface area contributed by atoms with E-state index in [1.165, 1.54) is 22.7 Å². The number of fused-ring (bicyclic) bond motifs is 1. The van der Waals surface area contributed by atoms with E-state index in [0.717, 1.165) is 47.8 Å². The lowest BCUT2D eigenvalue weighted by molar-refractivity contribution is 0.553. The van der Waals surface area contributed by atoms with Crippen LogP contribution in [0.2, 0.25) is 0 Å². The van der Waals surface area contributed by atoms with Gasteiger partial charge < -0.3 is 9.40 Å². The van der Waals surface area contributed by atoms with Crippen LogP contribution in [0.15, 0.2) is 53.2 Å². The highest BCUT2D eigenvalue weighted by Gasteiger charge is 2.32. The highest BCUT2D eigenvalue weighted by atomic mass is 32.2. The Morgan fingerprint density at radius 2 is 1.94 bits per heavy atom. The Kier molecular flexibility index (Phi) is 6.17. The molecule has 0 unspecified atom stereocenters. The largest absolute Gasteiger partial charge is 0.455 e. The Hall–Kier alpha value is -3.13. The van der Waals surface area contributed by atoms with Gasteiger partial charge in [0.1, 0.15) is 23.0 Å². The van der Waals surface area contributed by atoms with Gasteiger partial charge in [0.15, 0.2) is 0 Å². The summed E-state index contributed by atoms with van der Waals surface area (Å²) in [5.74, 6) is 1.71. The van der Waals surface area contributed by atoms with Gasteiger partial charge in [0.05, 0.1) is 17.5 Å². The van der Waals surface area contributed by atoms with E-state index in [1.807, 2.05) is 6.07 Å². The van der Waals surface area contributed by atoms with Crippen molar-refractivity contribution in [2.75, 3.05) is 17.1 Å². The minimum Gasteiger partial charge on any atom is -0.455 e. The summed E-state index contributed by atoms with van der Waals surface area (Å²) in [4.78, 5) is 7.63. The van der Waals surface area contributed by atoms with Crippen molar-refractivity contribution in [1.29, 1.82) is 0 Å². The molecule has 0 spiro atoms. The number of hydrogen-bond donors (Lipinski definition) is 1. The number of halogens is 1. The molecule has 5 rings (SSSR count). The van der Waals surface area contributed by atoms with Crippen LogP contribution in [0.4, 0.5) is 10.1 Å². The number of H-pyrrole nitrogens is 1. The molecular weight excluding hydrogens is 465 g/mol. The molecule has 2 heterocycles.